The Kier molecular flexibility index (Phi) is 83.0. The molecule has 0 bridgehead atoms. The zero-order valence-electron chi connectivity index (χ0n) is 69.3. The monoisotopic (exact) mass is 1890 g/mol. The zero-order valence-corrected chi connectivity index (χ0v) is 77.0. The highest BCUT2D eigenvalue weighted by atomic mass is 127. The Labute approximate surface area is 735 Å². The van der Waals surface area contributed by atoms with Crippen LogP contribution in [-0.4, -0.2) is 129 Å². The van der Waals surface area contributed by atoms with Gasteiger partial charge in [-0.25, -0.2) is 34.5 Å². The number of halogens is 2. The van der Waals surface area contributed by atoms with Crippen LogP contribution in [0.25, 0.3) is 0 Å². The third-order valence-corrected chi connectivity index (χ3v) is 16.1. The molecule has 2 aromatic carbocycles. The molecule has 28 heteroatoms. The van der Waals surface area contributed by atoms with E-state index in [9.17, 15) is 9.59 Å². The van der Waals surface area contributed by atoms with E-state index in [1.54, 1.807) is 151 Å². The first-order valence-corrected chi connectivity index (χ1v) is 43.6. The van der Waals surface area contributed by atoms with E-state index in [0.717, 1.165) is 75.4 Å². The van der Waals surface area contributed by atoms with Gasteiger partial charge in [0.1, 0.15) is 72.4 Å². The van der Waals surface area contributed by atoms with Gasteiger partial charge in [0.2, 0.25) is 0 Å². The SMILES string of the molecule is CC.CC.CCC.CCC.CCC.CCCS.CCCSc1ccc(O)cn1.CCCSc1ccc(OCC(=O)O)cn1.CCCSc1ccc(OCc2ccccc2)cn1.Ic1ccc(OCc2ccccc2)cn1.O=C(O)COc1cccnc1.Oc1ccc(I)nc1.Oc1cccnc1.Oc1cccnc1.Oc1cccnc1. The Balaban J connectivity index is -0.000000602. The van der Waals surface area contributed by atoms with Gasteiger partial charge in [0.05, 0.1) is 70.8 Å². The van der Waals surface area contributed by atoms with Crippen molar-refractivity contribution in [2.45, 2.75) is 170 Å². The first kappa shape index (κ1) is 113. The molecular weight excluding hydrogens is 1770 g/mol. The summed E-state index contributed by atoms with van der Waals surface area (Å²) in [5, 5.41) is 62.9. The molecule has 0 aliphatic carbocycles. The van der Waals surface area contributed by atoms with E-state index >= 15 is 0 Å². The van der Waals surface area contributed by atoms with Crippen LogP contribution in [0.15, 0.2) is 265 Å². The molecule has 116 heavy (non-hydrogen) atoms. The summed E-state index contributed by atoms with van der Waals surface area (Å²) in [7, 11) is 0. The summed E-state index contributed by atoms with van der Waals surface area (Å²) in [6, 6.07) is 51.6. The molecule has 634 valence electrons. The van der Waals surface area contributed by atoms with Gasteiger partial charge in [0, 0.05) is 24.8 Å². The van der Waals surface area contributed by atoms with Crippen molar-refractivity contribution in [3.63, 3.8) is 0 Å². The van der Waals surface area contributed by atoms with E-state index in [-0.39, 0.29) is 42.0 Å². The first-order chi connectivity index (χ1) is 56.2. The van der Waals surface area contributed by atoms with Crippen molar-refractivity contribution < 1.29 is 64.3 Å². The molecule has 0 fully saturated rings. The van der Waals surface area contributed by atoms with Gasteiger partial charge in [0.25, 0.3) is 0 Å². The van der Waals surface area contributed by atoms with Gasteiger partial charge < -0.3 is 54.7 Å². The van der Waals surface area contributed by atoms with Crippen molar-refractivity contribution in [1.82, 2.24) is 44.9 Å². The Bertz CT molecular complexity index is 3760. The van der Waals surface area contributed by atoms with Crippen molar-refractivity contribution in [3.8, 4) is 51.7 Å². The number of thioether (sulfide) groups is 3. The lowest BCUT2D eigenvalue weighted by Gasteiger charge is -2.06. The third-order valence-electron chi connectivity index (χ3n) is 10.9. The number of nitrogens with zero attached hydrogens (tertiary/aromatic N) is 9. The predicted molar refractivity (Wildman–Crippen MR) is 497 cm³/mol. The summed E-state index contributed by atoms with van der Waals surface area (Å²) >= 11 is 13.3. The van der Waals surface area contributed by atoms with Gasteiger partial charge in [-0.3, -0.25) is 19.9 Å². The number of pyridine rings is 9. The Morgan fingerprint density at radius 1 is 0.336 bits per heavy atom. The van der Waals surface area contributed by atoms with Crippen LogP contribution in [0.4, 0.5) is 0 Å². The molecule has 0 unspecified atom stereocenters. The second kappa shape index (κ2) is 85.2. The fourth-order valence-electron chi connectivity index (χ4n) is 6.23. The van der Waals surface area contributed by atoms with Crippen molar-refractivity contribution in [1.29, 1.82) is 0 Å². The molecule has 0 aliphatic rings. The highest BCUT2D eigenvalue weighted by molar-refractivity contribution is 14.1. The molecule has 0 amide bonds. The molecule has 11 rings (SSSR count). The summed E-state index contributed by atoms with van der Waals surface area (Å²) in [5.41, 5.74) is 2.33. The molecule has 9 heterocycles. The second-order valence-corrected chi connectivity index (χ2v) is 27.8. The van der Waals surface area contributed by atoms with Crippen molar-refractivity contribution in [2.75, 3.05) is 36.2 Å². The van der Waals surface area contributed by atoms with Crippen molar-refractivity contribution in [3.05, 3.63) is 269 Å². The largest absolute Gasteiger partial charge is 0.506 e. The lowest BCUT2D eigenvalue weighted by molar-refractivity contribution is -0.140. The van der Waals surface area contributed by atoms with Crippen molar-refractivity contribution in [2.24, 2.45) is 0 Å². The van der Waals surface area contributed by atoms with E-state index in [1.165, 1.54) is 74.8 Å². The molecule has 22 nitrogen and oxygen atoms in total. The Hall–Kier alpha value is -9.21. The zero-order chi connectivity index (χ0) is 87.3. The number of hydrogen-bond acceptors (Lipinski definition) is 24. The molecule has 0 saturated heterocycles. The predicted octanol–water partition coefficient (Wildman–Crippen LogP) is 23.7. The van der Waals surface area contributed by atoms with Gasteiger partial charge in [-0.05, 0) is 214 Å². The average molecular weight is 1900 g/mol. The van der Waals surface area contributed by atoms with Crippen LogP contribution in [0.5, 0.6) is 51.7 Å². The van der Waals surface area contributed by atoms with Gasteiger partial charge in [-0.1, -0.05) is 177 Å². The van der Waals surface area contributed by atoms with E-state index < -0.39 is 11.9 Å². The minimum atomic E-state index is -0.992. The number of carboxylic acid groups (broad SMARTS) is 2. The highest BCUT2D eigenvalue weighted by Gasteiger charge is 2.03. The van der Waals surface area contributed by atoms with Gasteiger partial charge in [-0.15, -0.1) is 35.3 Å². The molecule has 11 aromatic rings. The quantitative estimate of drug-likeness (QED) is 0.0135. The number of ether oxygens (including phenoxy) is 4. The number of carboxylic acids is 2. The number of rotatable bonds is 22. The first-order valence-electron chi connectivity index (χ1n) is 37.9. The lowest BCUT2D eigenvalue weighted by atomic mass is 10.2. The van der Waals surface area contributed by atoms with E-state index in [1.807, 2.05) is 113 Å². The van der Waals surface area contributed by atoms with Gasteiger partial charge >= 0.3 is 11.9 Å². The van der Waals surface area contributed by atoms with Crippen LogP contribution in [0.2, 0.25) is 0 Å². The molecule has 9 aromatic heterocycles. The highest BCUT2D eigenvalue weighted by Crippen LogP contribution is 2.22. The molecular formula is C88H121I2N9O13S4. The van der Waals surface area contributed by atoms with Crippen LogP contribution in [0, 0.1) is 7.40 Å². The van der Waals surface area contributed by atoms with Crippen LogP contribution in [-0.2, 0) is 22.8 Å². The smallest absolute Gasteiger partial charge is 0.341 e. The van der Waals surface area contributed by atoms with E-state index in [2.05, 4.69) is 184 Å². The Morgan fingerprint density at radius 3 is 0.845 bits per heavy atom. The molecule has 0 radical (unpaired) electrons. The van der Waals surface area contributed by atoms with Crippen LogP contribution in [0.1, 0.15) is 153 Å². The summed E-state index contributed by atoms with van der Waals surface area (Å²) in [6.07, 6.45) is 28.4. The number of aromatic hydroxyl groups is 5. The normalized spacial score (nSPS) is 8.97. The number of thiol groups is 1. The number of aliphatic carboxylic acids is 2. The molecule has 0 spiro atoms. The number of hydrogen-bond donors (Lipinski definition) is 8. The summed E-state index contributed by atoms with van der Waals surface area (Å²) in [4.78, 5) is 55.4. The Morgan fingerprint density at radius 2 is 0.612 bits per heavy atom. The van der Waals surface area contributed by atoms with Crippen LogP contribution >= 0.6 is 93.1 Å². The third kappa shape index (κ3) is 76.1. The maximum absolute atomic E-state index is 10.2. The number of benzene rings is 2. The minimum Gasteiger partial charge on any atom is -0.506 e. The maximum Gasteiger partial charge on any atom is 0.341 e. The molecule has 7 N–H and O–H groups in total. The summed E-state index contributed by atoms with van der Waals surface area (Å²) in [6.45, 7) is 29.8. The standard InChI is InChI=1S/C15H17NOS.C12H10INO.C10H13NO3S.C8H11NOS.C7H7NO3.C5H4INO.3C5H5NO.C3H8S.3C3H8.2C2H6/c1-2-10-18-15-9-8-14(11-16-15)17-12-13-6-4-3-5-7-13;13-12-7-6-11(8-14-12)15-9-10-4-2-1-3-5-10;1-2-5-15-9-4-3-8(6-11-9)14-7-10(12)13;1-2-5-11-8-4-3-7(10)6-9-8;9-7(10)5-11-6-2-1-3-8-4-6;6-5-2-1-4(8)3-7-5;3*7-5-2-1-3-6-4-5;1-2-3-4;3*1-3-2;2*1-2/h3-9,11H,2,10,12H2,1H3;1-8H,9H2;3-4,6H,2,5,7H2,1H3,(H,12,13);3-4,6,10H,2,5H2,1H3;1-4H,5H2,(H,9,10);1-3,8H;3*1-4,7H;4H,2-3H2,1H3;3*3H2,1-2H3;2*1-2H3. The van der Waals surface area contributed by atoms with Gasteiger partial charge in [-0.2, -0.15) is 12.6 Å². The fourth-order valence-corrected chi connectivity index (χ4v) is 8.99. The fraction of sp³-hybridized carbons (Fsp3) is 0.330. The maximum atomic E-state index is 10.2. The van der Waals surface area contributed by atoms with Gasteiger partial charge in [0.15, 0.2) is 13.2 Å². The van der Waals surface area contributed by atoms with E-state index in [0.29, 0.717) is 24.7 Å². The topological polar surface area (TPSA) is 329 Å². The van der Waals surface area contributed by atoms with Crippen LogP contribution in [0.3, 0.4) is 0 Å². The summed E-state index contributed by atoms with van der Waals surface area (Å²) < 4.78 is 22.9. The molecule has 0 saturated carbocycles. The number of aromatic nitrogens is 9. The summed E-state index contributed by atoms with van der Waals surface area (Å²) in [5.74, 6) is 5.90. The molecule has 0 atom stereocenters. The van der Waals surface area contributed by atoms with E-state index in [4.69, 9.17) is 54.7 Å². The average Bonchev–Trinajstić information content (AvgIpc) is 0.907. The second-order valence-electron chi connectivity index (χ2n) is 21.8. The number of carbonyl (C=O) groups is 2. The van der Waals surface area contributed by atoms with Crippen LogP contribution < -0.4 is 18.9 Å². The molecule has 0 aliphatic heterocycles. The minimum absolute atomic E-state index is 0.211. The van der Waals surface area contributed by atoms with Crippen molar-refractivity contribution >= 4 is 105 Å². The lowest BCUT2D eigenvalue weighted by Crippen LogP contribution is -2.09.